The Morgan fingerprint density at radius 2 is 1.71 bits per heavy atom. The van der Waals surface area contributed by atoms with Crippen molar-refractivity contribution in [1.29, 1.82) is 0 Å². The molecule has 17 heavy (non-hydrogen) atoms. The fourth-order valence-electron chi connectivity index (χ4n) is 0.725. The topological polar surface area (TPSA) is 63.6 Å². The van der Waals surface area contributed by atoms with Crippen LogP contribution in [-0.2, 0) is 14.3 Å². The summed E-state index contributed by atoms with van der Waals surface area (Å²) in [6, 6.07) is 0. The molecule has 0 aromatic carbocycles. The minimum atomic E-state index is -0.935. The number of ether oxygens (including phenoxy) is 1. The molecule has 0 aliphatic rings. The third-order valence-electron chi connectivity index (χ3n) is 1.76. The molecular weight excluding hydrogens is 220 g/mol. The van der Waals surface area contributed by atoms with Crippen molar-refractivity contribution in [3.63, 3.8) is 0 Å². The van der Waals surface area contributed by atoms with E-state index in [-0.39, 0.29) is 11.5 Å². The van der Waals surface area contributed by atoms with Crippen molar-refractivity contribution in [3.05, 3.63) is 24.3 Å². The number of rotatable bonds is 6. The van der Waals surface area contributed by atoms with Gasteiger partial charge in [0.05, 0.1) is 6.61 Å². The predicted molar refractivity (Wildman–Crippen MR) is 67.7 cm³/mol. The van der Waals surface area contributed by atoms with E-state index in [4.69, 9.17) is 9.84 Å². The molecule has 0 saturated heterocycles. The molecule has 98 valence electrons. The number of carbonyl (C=O) groups excluding carboxylic acids is 1. The normalized spacial score (nSPS) is 8.65. The second-order valence-corrected chi connectivity index (χ2v) is 3.51. The van der Waals surface area contributed by atoms with Crippen LogP contribution in [0.5, 0.6) is 0 Å². The van der Waals surface area contributed by atoms with Gasteiger partial charge in [-0.3, -0.25) is 0 Å². The van der Waals surface area contributed by atoms with Gasteiger partial charge in [0.25, 0.3) is 0 Å². The monoisotopic (exact) mass is 242 g/mol. The maximum absolute atomic E-state index is 10.9. The Morgan fingerprint density at radius 1 is 1.24 bits per heavy atom. The van der Waals surface area contributed by atoms with Gasteiger partial charge in [0.15, 0.2) is 0 Å². The van der Waals surface area contributed by atoms with Crippen LogP contribution >= 0.6 is 0 Å². The molecule has 4 heteroatoms. The van der Waals surface area contributed by atoms with Crippen molar-refractivity contribution >= 4 is 11.9 Å². The van der Waals surface area contributed by atoms with E-state index >= 15 is 0 Å². The summed E-state index contributed by atoms with van der Waals surface area (Å²) in [5.74, 6) is -1.18. The van der Waals surface area contributed by atoms with Crippen LogP contribution < -0.4 is 0 Å². The number of carbonyl (C=O) groups is 2. The molecule has 0 atom stereocenters. The lowest BCUT2D eigenvalue weighted by Crippen LogP contribution is -2.06. The van der Waals surface area contributed by atoms with Gasteiger partial charge >= 0.3 is 11.9 Å². The summed E-state index contributed by atoms with van der Waals surface area (Å²) in [6.45, 7) is 12.6. The predicted octanol–water partition coefficient (Wildman–Crippen LogP) is 2.94. The van der Waals surface area contributed by atoms with Gasteiger partial charge in [-0.25, -0.2) is 9.59 Å². The van der Waals surface area contributed by atoms with Gasteiger partial charge in [-0.15, -0.1) is 0 Å². The van der Waals surface area contributed by atoms with Crippen molar-refractivity contribution in [1.82, 2.24) is 0 Å². The van der Waals surface area contributed by atoms with Gasteiger partial charge in [-0.2, -0.15) is 0 Å². The van der Waals surface area contributed by atoms with Gasteiger partial charge in [0, 0.05) is 11.1 Å². The van der Waals surface area contributed by atoms with E-state index in [0.29, 0.717) is 12.2 Å². The number of unbranched alkanes of at least 4 members (excludes halogenated alkanes) is 1. The van der Waals surface area contributed by atoms with E-state index in [1.54, 1.807) is 6.92 Å². The molecule has 0 spiro atoms. The highest BCUT2D eigenvalue weighted by atomic mass is 16.5. The highest BCUT2D eigenvalue weighted by Gasteiger charge is 2.05. The number of hydrogen-bond donors (Lipinski definition) is 1. The first-order valence-electron chi connectivity index (χ1n) is 5.60. The molecule has 0 aromatic rings. The molecule has 0 radical (unpaired) electrons. The van der Waals surface area contributed by atoms with Crippen LogP contribution in [0.3, 0.4) is 0 Å². The molecule has 0 rings (SSSR count). The molecular formula is C13H22O4. The number of carboxylic acid groups (broad SMARTS) is 1. The second-order valence-electron chi connectivity index (χ2n) is 3.51. The van der Waals surface area contributed by atoms with E-state index in [1.165, 1.54) is 6.92 Å². The summed E-state index contributed by atoms with van der Waals surface area (Å²) in [5, 5.41) is 7.89. The van der Waals surface area contributed by atoms with Gasteiger partial charge < -0.3 is 9.84 Å². The molecule has 0 saturated carbocycles. The lowest BCUT2D eigenvalue weighted by molar-refractivity contribution is -0.138. The SMILES string of the molecule is C=C(C)C(=O)O.C=C(CCCC)C(=O)OCC. The van der Waals surface area contributed by atoms with Crippen LogP contribution in [0.2, 0.25) is 0 Å². The third kappa shape index (κ3) is 12.4. The van der Waals surface area contributed by atoms with E-state index in [0.717, 1.165) is 19.3 Å². The lowest BCUT2D eigenvalue weighted by atomic mass is 10.1. The number of hydrogen-bond acceptors (Lipinski definition) is 3. The summed E-state index contributed by atoms with van der Waals surface area (Å²) in [4.78, 5) is 20.5. The zero-order valence-corrected chi connectivity index (χ0v) is 10.9. The fraction of sp³-hybridized carbons (Fsp3) is 0.538. The molecule has 0 bridgehead atoms. The van der Waals surface area contributed by atoms with Crippen molar-refractivity contribution < 1.29 is 19.4 Å². The highest BCUT2D eigenvalue weighted by Crippen LogP contribution is 2.06. The molecule has 0 heterocycles. The molecule has 0 aliphatic heterocycles. The van der Waals surface area contributed by atoms with Crippen LogP contribution in [0.15, 0.2) is 24.3 Å². The van der Waals surface area contributed by atoms with Crippen molar-refractivity contribution in [2.75, 3.05) is 6.61 Å². The Morgan fingerprint density at radius 3 is 2.00 bits per heavy atom. The minimum absolute atomic E-state index is 0.176. The average Bonchev–Trinajstić information content (AvgIpc) is 2.26. The van der Waals surface area contributed by atoms with Gasteiger partial charge in [-0.1, -0.05) is 26.5 Å². The van der Waals surface area contributed by atoms with E-state index in [2.05, 4.69) is 20.1 Å². The zero-order chi connectivity index (χ0) is 13.8. The first-order valence-corrected chi connectivity index (χ1v) is 5.60. The summed E-state index contributed by atoms with van der Waals surface area (Å²) in [5.41, 5.74) is 0.767. The van der Waals surface area contributed by atoms with Crippen LogP contribution in [0, 0.1) is 0 Å². The van der Waals surface area contributed by atoms with Gasteiger partial charge in [0.1, 0.15) is 0 Å². The summed E-state index contributed by atoms with van der Waals surface area (Å²) < 4.78 is 4.76. The Labute approximate surface area is 103 Å². The zero-order valence-electron chi connectivity index (χ0n) is 10.9. The summed E-state index contributed by atoms with van der Waals surface area (Å²) in [6.07, 6.45) is 2.85. The van der Waals surface area contributed by atoms with Crippen molar-refractivity contribution in [2.24, 2.45) is 0 Å². The summed E-state index contributed by atoms with van der Waals surface area (Å²) in [7, 11) is 0. The molecule has 0 unspecified atom stereocenters. The van der Waals surface area contributed by atoms with Gasteiger partial charge in [-0.05, 0) is 26.7 Å². The van der Waals surface area contributed by atoms with Crippen LogP contribution in [0.4, 0.5) is 0 Å². The summed E-state index contributed by atoms with van der Waals surface area (Å²) >= 11 is 0. The average molecular weight is 242 g/mol. The number of aliphatic carboxylic acids is 1. The third-order valence-corrected chi connectivity index (χ3v) is 1.76. The molecule has 0 aromatic heterocycles. The molecule has 0 aliphatic carbocycles. The lowest BCUT2D eigenvalue weighted by Gasteiger charge is -2.02. The standard InChI is InChI=1S/C9H16O2.C4H6O2/c1-4-6-7-8(3)9(10)11-5-2;1-3(2)4(5)6/h3-7H2,1-2H3;1H2,2H3,(H,5,6). The van der Waals surface area contributed by atoms with Crippen LogP contribution in [0.25, 0.3) is 0 Å². The first-order chi connectivity index (χ1) is 7.86. The van der Waals surface area contributed by atoms with E-state index in [1.807, 2.05) is 0 Å². The molecule has 0 amide bonds. The van der Waals surface area contributed by atoms with Crippen molar-refractivity contribution in [3.8, 4) is 0 Å². The fourth-order valence-corrected chi connectivity index (χ4v) is 0.725. The number of esters is 1. The maximum Gasteiger partial charge on any atom is 0.333 e. The van der Waals surface area contributed by atoms with E-state index in [9.17, 15) is 9.59 Å². The van der Waals surface area contributed by atoms with E-state index < -0.39 is 5.97 Å². The van der Waals surface area contributed by atoms with Crippen molar-refractivity contribution in [2.45, 2.75) is 40.0 Å². The van der Waals surface area contributed by atoms with Crippen LogP contribution in [-0.4, -0.2) is 23.7 Å². The largest absolute Gasteiger partial charge is 0.478 e. The highest BCUT2D eigenvalue weighted by molar-refractivity contribution is 5.87. The first kappa shape index (κ1) is 17.8. The second kappa shape index (κ2) is 10.9. The quantitative estimate of drug-likeness (QED) is 0.574. The Hall–Kier alpha value is -1.58. The molecule has 4 nitrogen and oxygen atoms in total. The molecule has 1 N–H and O–H groups in total. The van der Waals surface area contributed by atoms with Crippen LogP contribution in [0.1, 0.15) is 40.0 Å². The Balaban J connectivity index is 0. The molecule has 0 fully saturated rings. The maximum atomic E-state index is 10.9. The minimum Gasteiger partial charge on any atom is -0.478 e. The Kier molecular flexibility index (Phi) is 11.4. The Bertz CT molecular complexity index is 267. The smallest absolute Gasteiger partial charge is 0.333 e. The number of carboxylic acids is 1. The van der Waals surface area contributed by atoms with Gasteiger partial charge in [0.2, 0.25) is 0 Å².